The summed E-state index contributed by atoms with van der Waals surface area (Å²) in [6.45, 7) is 4.85. The number of nitrogens with one attached hydrogen (secondary N) is 1. The molecule has 3 N–H and O–H groups in total. The van der Waals surface area contributed by atoms with E-state index in [9.17, 15) is 19.8 Å². The number of rotatable bonds is 42. The van der Waals surface area contributed by atoms with Gasteiger partial charge in [0.05, 0.1) is 25.4 Å². The first-order valence-corrected chi connectivity index (χ1v) is 22.9. The zero-order valence-electron chi connectivity index (χ0n) is 34.8. The molecule has 0 aromatic carbocycles. The Hall–Kier alpha value is -1.40. The molecule has 1 amide bonds. The maximum absolute atomic E-state index is 12.4. The summed E-state index contributed by atoms with van der Waals surface area (Å²) in [7, 11) is 0. The molecule has 6 nitrogen and oxygen atoms in total. The highest BCUT2D eigenvalue weighted by atomic mass is 16.5. The van der Waals surface area contributed by atoms with Gasteiger partial charge >= 0.3 is 5.97 Å². The Morgan fingerprint density at radius 2 is 0.904 bits per heavy atom. The van der Waals surface area contributed by atoms with Crippen molar-refractivity contribution in [1.29, 1.82) is 0 Å². The first-order chi connectivity index (χ1) is 25.5. The summed E-state index contributed by atoms with van der Waals surface area (Å²) in [5, 5.41) is 23.0. The van der Waals surface area contributed by atoms with Crippen molar-refractivity contribution in [2.45, 2.75) is 257 Å². The highest BCUT2D eigenvalue weighted by Gasteiger charge is 2.20. The Morgan fingerprint density at radius 3 is 1.37 bits per heavy atom. The van der Waals surface area contributed by atoms with E-state index in [1.807, 2.05) is 0 Å². The topological polar surface area (TPSA) is 95.9 Å². The smallest absolute Gasteiger partial charge is 0.305 e. The normalized spacial score (nSPS) is 12.8. The summed E-state index contributed by atoms with van der Waals surface area (Å²) in [6, 6.07) is -0.559. The lowest BCUT2D eigenvalue weighted by molar-refractivity contribution is -0.143. The number of aliphatic hydroxyl groups excluding tert-OH is 2. The molecule has 0 aliphatic heterocycles. The molecule has 0 spiro atoms. The molecule has 2 unspecified atom stereocenters. The number of allylic oxidation sites excluding steroid dienone is 2. The Morgan fingerprint density at radius 1 is 0.519 bits per heavy atom. The molecule has 0 aliphatic rings. The highest BCUT2D eigenvalue weighted by molar-refractivity contribution is 5.76. The summed E-state index contributed by atoms with van der Waals surface area (Å²) in [6.07, 6.45) is 46.0. The van der Waals surface area contributed by atoms with Crippen LogP contribution in [0.1, 0.15) is 245 Å². The average molecular weight is 736 g/mol. The molecule has 308 valence electrons. The van der Waals surface area contributed by atoms with Crippen LogP contribution in [0.2, 0.25) is 0 Å². The Bertz CT molecular complexity index is 772. The minimum absolute atomic E-state index is 0.0296. The van der Waals surface area contributed by atoms with Gasteiger partial charge in [0.2, 0.25) is 5.91 Å². The summed E-state index contributed by atoms with van der Waals surface area (Å²) in [5.41, 5.74) is 0. The first-order valence-electron chi connectivity index (χ1n) is 22.9. The molecule has 0 fully saturated rings. The standard InChI is InChI=1S/C46H89NO5/c1-3-5-7-9-11-13-15-16-17-20-24-28-32-36-40-46(51)52-41-37-33-29-25-21-18-19-23-27-31-35-39-45(50)47-43(42-48)44(49)38-34-30-26-22-14-12-10-8-6-4-2/h21,25,43-44,48-49H,3-20,22-24,26-42H2,1-2H3,(H,47,50)/b25-21-. The first kappa shape index (κ1) is 50.6. The van der Waals surface area contributed by atoms with E-state index in [0.717, 1.165) is 83.5 Å². The molecule has 2 atom stereocenters. The number of esters is 1. The summed E-state index contributed by atoms with van der Waals surface area (Å²) in [4.78, 5) is 24.3. The van der Waals surface area contributed by atoms with Crippen molar-refractivity contribution in [2.75, 3.05) is 13.2 Å². The SMILES string of the molecule is CCCCCCCCCCCCCCCCC(=O)OCCCC/C=C\CCCCCCCC(=O)NC(CO)C(O)CCCCCCCCCCCC. The third-order valence-corrected chi connectivity index (χ3v) is 10.6. The molecule has 0 aromatic heterocycles. The van der Waals surface area contributed by atoms with Crippen molar-refractivity contribution in [2.24, 2.45) is 0 Å². The summed E-state index contributed by atoms with van der Waals surface area (Å²) >= 11 is 0. The van der Waals surface area contributed by atoms with Crippen LogP contribution in [0.15, 0.2) is 12.2 Å². The van der Waals surface area contributed by atoms with Crippen LogP contribution in [0.3, 0.4) is 0 Å². The minimum atomic E-state index is -0.679. The highest BCUT2D eigenvalue weighted by Crippen LogP contribution is 2.15. The lowest BCUT2D eigenvalue weighted by atomic mass is 10.0. The molecule has 0 rings (SSSR count). The monoisotopic (exact) mass is 736 g/mol. The van der Waals surface area contributed by atoms with Crippen molar-refractivity contribution in [3.05, 3.63) is 12.2 Å². The zero-order chi connectivity index (χ0) is 38.0. The van der Waals surface area contributed by atoms with Crippen LogP contribution in [0.5, 0.6) is 0 Å². The van der Waals surface area contributed by atoms with E-state index in [1.54, 1.807) is 0 Å². The molecular formula is C46H89NO5. The van der Waals surface area contributed by atoms with Crippen molar-refractivity contribution >= 4 is 11.9 Å². The third-order valence-electron chi connectivity index (χ3n) is 10.6. The fourth-order valence-corrected chi connectivity index (χ4v) is 6.98. The van der Waals surface area contributed by atoms with Gasteiger partial charge in [0.15, 0.2) is 0 Å². The molecule has 0 radical (unpaired) electrons. The van der Waals surface area contributed by atoms with Crippen molar-refractivity contribution in [3.8, 4) is 0 Å². The Kier molecular flexibility index (Phi) is 41.2. The Balaban J connectivity index is 3.50. The number of unbranched alkanes of at least 4 members (excludes halogenated alkanes) is 29. The van der Waals surface area contributed by atoms with Crippen molar-refractivity contribution in [1.82, 2.24) is 5.32 Å². The second-order valence-electron chi connectivity index (χ2n) is 15.7. The number of ether oxygens (including phenoxy) is 1. The summed E-state index contributed by atoms with van der Waals surface area (Å²) < 4.78 is 5.42. The molecule has 0 aliphatic carbocycles. The van der Waals surface area contributed by atoms with Crippen LogP contribution in [-0.2, 0) is 14.3 Å². The lowest BCUT2D eigenvalue weighted by Crippen LogP contribution is -2.45. The fraction of sp³-hybridized carbons (Fsp3) is 0.913. The van der Waals surface area contributed by atoms with Crippen LogP contribution in [0, 0.1) is 0 Å². The lowest BCUT2D eigenvalue weighted by Gasteiger charge is -2.22. The predicted molar refractivity (Wildman–Crippen MR) is 223 cm³/mol. The number of hydrogen-bond donors (Lipinski definition) is 3. The van der Waals surface area contributed by atoms with Gasteiger partial charge < -0.3 is 20.3 Å². The van der Waals surface area contributed by atoms with Crippen LogP contribution in [0.4, 0.5) is 0 Å². The maximum atomic E-state index is 12.4. The van der Waals surface area contributed by atoms with E-state index in [4.69, 9.17) is 4.74 Å². The van der Waals surface area contributed by atoms with E-state index < -0.39 is 12.1 Å². The third kappa shape index (κ3) is 38.3. The second-order valence-corrected chi connectivity index (χ2v) is 15.7. The zero-order valence-corrected chi connectivity index (χ0v) is 34.8. The van der Waals surface area contributed by atoms with Gasteiger partial charge in [-0.1, -0.05) is 193 Å². The molecule has 0 bridgehead atoms. The maximum Gasteiger partial charge on any atom is 0.305 e. The van der Waals surface area contributed by atoms with Gasteiger partial charge in [0, 0.05) is 12.8 Å². The molecule has 6 heteroatoms. The molecular weight excluding hydrogens is 647 g/mol. The van der Waals surface area contributed by atoms with Crippen LogP contribution in [0.25, 0.3) is 0 Å². The molecule has 0 heterocycles. The number of carbonyl (C=O) groups excluding carboxylic acids is 2. The Labute approximate surface area is 323 Å². The van der Waals surface area contributed by atoms with Gasteiger partial charge in [0.1, 0.15) is 0 Å². The van der Waals surface area contributed by atoms with Crippen molar-refractivity contribution < 1.29 is 24.5 Å². The van der Waals surface area contributed by atoms with E-state index in [1.165, 1.54) is 128 Å². The molecule has 52 heavy (non-hydrogen) atoms. The van der Waals surface area contributed by atoms with E-state index in [2.05, 4.69) is 31.3 Å². The van der Waals surface area contributed by atoms with E-state index >= 15 is 0 Å². The average Bonchev–Trinajstić information content (AvgIpc) is 3.14. The molecule has 0 aromatic rings. The van der Waals surface area contributed by atoms with Gasteiger partial charge in [-0.15, -0.1) is 0 Å². The number of amides is 1. The minimum Gasteiger partial charge on any atom is -0.466 e. The number of hydrogen-bond acceptors (Lipinski definition) is 5. The van der Waals surface area contributed by atoms with Gasteiger partial charge in [0.25, 0.3) is 0 Å². The number of aliphatic hydroxyl groups is 2. The van der Waals surface area contributed by atoms with Crippen LogP contribution in [-0.4, -0.2) is 47.4 Å². The van der Waals surface area contributed by atoms with Crippen LogP contribution >= 0.6 is 0 Å². The fourth-order valence-electron chi connectivity index (χ4n) is 6.98. The van der Waals surface area contributed by atoms with E-state index in [0.29, 0.717) is 25.9 Å². The quantitative estimate of drug-likeness (QED) is 0.0329. The van der Waals surface area contributed by atoms with Gasteiger partial charge in [-0.25, -0.2) is 0 Å². The second kappa shape index (κ2) is 42.3. The van der Waals surface area contributed by atoms with Gasteiger partial charge in [-0.2, -0.15) is 0 Å². The van der Waals surface area contributed by atoms with Crippen LogP contribution < -0.4 is 5.32 Å². The largest absolute Gasteiger partial charge is 0.466 e. The van der Waals surface area contributed by atoms with E-state index in [-0.39, 0.29) is 18.5 Å². The van der Waals surface area contributed by atoms with Gasteiger partial charge in [-0.05, 0) is 51.4 Å². The number of carbonyl (C=O) groups is 2. The van der Waals surface area contributed by atoms with Crippen molar-refractivity contribution in [3.63, 3.8) is 0 Å². The van der Waals surface area contributed by atoms with Gasteiger partial charge in [-0.3, -0.25) is 9.59 Å². The molecule has 0 saturated carbocycles. The molecule has 0 saturated heterocycles. The summed E-state index contributed by atoms with van der Waals surface area (Å²) in [5.74, 6) is -0.0954. The predicted octanol–water partition coefficient (Wildman–Crippen LogP) is 13.0.